The molecule has 2 atom stereocenters. The Morgan fingerprint density at radius 3 is 3.00 bits per heavy atom. The molecule has 3 nitrogen and oxygen atoms in total. The van der Waals surface area contributed by atoms with Gasteiger partial charge in [-0.3, -0.25) is 0 Å². The van der Waals surface area contributed by atoms with Crippen LogP contribution in [0.3, 0.4) is 0 Å². The van der Waals surface area contributed by atoms with E-state index in [-0.39, 0.29) is 0 Å². The number of ether oxygens (including phenoxy) is 1. The Morgan fingerprint density at radius 2 is 2.15 bits per heavy atom. The molecular weight excluding hydrogens is 248 g/mol. The van der Waals surface area contributed by atoms with E-state index in [2.05, 4.69) is 41.4 Å². The molecule has 20 heavy (non-hydrogen) atoms. The van der Waals surface area contributed by atoms with Gasteiger partial charge in [0.25, 0.3) is 0 Å². The van der Waals surface area contributed by atoms with Crippen molar-refractivity contribution in [1.29, 1.82) is 0 Å². The number of fused-ring (bicyclic) bond motifs is 1. The zero-order valence-electron chi connectivity index (χ0n) is 12.5. The number of para-hydroxylation sites is 1. The molecule has 3 heteroatoms. The second-order valence-electron chi connectivity index (χ2n) is 6.02. The van der Waals surface area contributed by atoms with E-state index in [0.717, 1.165) is 18.7 Å². The maximum atomic E-state index is 6.00. The van der Waals surface area contributed by atoms with Crippen LogP contribution in [0.1, 0.15) is 31.7 Å². The van der Waals surface area contributed by atoms with Crippen molar-refractivity contribution in [2.24, 2.45) is 0 Å². The average Bonchev–Trinajstić information content (AvgIpc) is 2.75. The van der Waals surface area contributed by atoms with Crippen LogP contribution in [0.4, 0.5) is 0 Å². The molecule has 1 N–H and O–H groups in total. The topological polar surface area (TPSA) is 24.5 Å². The van der Waals surface area contributed by atoms with E-state index >= 15 is 0 Å². The number of likely N-dealkylation sites (tertiary alicyclic amines) is 1. The van der Waals surface area contributed by atoms with Crippen molar-refractivity contribution >= 4 is 0 Å². The van der Waals surface area contributed by atoms with Crippen LogP contribution in [0.2, 0.25) is 0 Å². The molecule has 2 heterocycles. The number of hydrogen-bond donors (Lipinski definition) is 1. The Hall–Kier alpha value is -1.06. The summed E-state index contributed by atoms with van der Waals surface area (Å²) in [5.41, 5.74) is 1.36. The first-order chi connectivity index (χ1) is 9.85. The molecule has 2 aliphatic rings. The predicted molar refractivity (Wildman–Crippen MR) is 82.3 cm³/mol. The Kier molecular flexibility index (Phi) is 4.58. The number of nitrogens with one attached hydrogen (secondary N) is 1. The van der Waals surface area contributed by atoms with E-state index in [0.29, 0.717) is 12.1 Å². The lowest BCUT2D eigenvalue weighted by atomic mass is 10.1. The predicted octanol–water partition coefficient (Wildman–Crippen LogP) is 2.45. The van der Waals surface area contributed by atoms with Crippen LogP contribution < -0.4 is 10.1 Å². The SMILES string of the molecule is CCN1CCCC(NCC2Cc3ccccc3O2)CC1. The van der Waals surface area contributed by atoms with Gasteiger partial charge in [0.05, 0.1) is 0 Å². The number of rotatable bonds is 4. The molecule has 0 aliphatic carbocycles. The lowest BCUT2D eigenvalue weighted by Gasteiger charge is -2.20. The summed E-state index contributed by atoms with van der Waals surface area (Å²) in [6.45, 7) is 6.93. The van der Waals surface area contributed by atoms with Gasteiger partial charge in [-0.15, -0.1) is 0 Å². The fourth-order valence-electron chi connectivity index (χ4n) is 3.34. The molecule has 3 rings (SSSR count). The lowest BCUT2D eigenvalue weighted by molar-refractivity contribution is 0.218. The molecule has 1 aromatic carbocycles. The normalized spacial score (nSPS) is 26.9. The van der Waals surface area contributed by atoms with Gasteiger partial charge in [0, 0.05) is 19.0 Å². The van der Waals surface area contributed by atoms with E-state index in [1.165, 1.54) is 44.5 Å². The van der Waals surface area contributed by atoms with E-state index in [1.807, 2.05) is 0 Å². The average molecular weight is 274 g/mol. The molecule has 110 valence electrons. The minimum atomic E-state index is 0.318. The zero-order chi connectivity index (χ0) is 13.8. The quantitative estimate of drug-likeness (QED) is 0.913. The highest BCUT2D eigenvalue weighted by molar-refractivity contribution is 5.37. The third-order valence-electron chi connectivity index (χ3n) is 4.62. The summed E-state index contributed by atoms with van der Waals surface area (Å²) in [6.07, 6.45) is 5.26. The zero-order valence-corrected chi connectivity index (χ0v) is 12.5. The van der Waals surface area contributed by atoms with Gasteiger partial charge < -0.3 is 15.0 Å². The maximum Gasteiger partial charge on any atom is 0.123 e. The lowest BCUT2D eigenvalue weighted by Crippen LogP contribution is -2.38. The highest BCUT2D eigenvalue weighted by Crippen LogP contribution is 2.27. The second kappa shape index (κ2) is 6.59. The maximum absolute atomic E-state index is 6.00. The molecule has 0 spiro atoms. The van der Waals surface area contributed by atoms with Crippen molar-refractivity contribution < 1.29 is 4.74 Å². The summed E-state index contributed by atoms with van der Waals surface area (Å²) >= 11 is 0. The monoisotopic (exact) mass is 274 g/mol. The Bertz CT molecular complexity index is 410. The standard InChI is InChI=1S/C17H26N2O/c1-2-19-10-5-7-15(9-11-19)18-13-16-12-14-6-3-4-8-17(14)20-16/h3-4,6,8,15-16,18H,2,5,7,9-13H2,1H3. The van der Waals surface area contributed by atoms with Crippen molar-refractivity contribution in [3.63, 3.8) is 0 Å². The van der Waals surface area contributed by atoms with E-state index < -0.39 is 0 Å². The van der Waals surface area contributed by atoms with Gasteiger partial charge in [-0.2, -0.15) is 0 Å². The molecule has 2 aliphatic heterocycles. The van der Waals surface area contributed by atoms with Crippen molar-refractivity contribution in [2.45, 2.75) is 44.8 Å². The molecule has 1 fully saturated rings. The highest BCUT2D eigenvalue weighted by Gasteiger charge is 2.23. The summed E-state index contributed by atoms with van der Waals surface area (Å²) in [4.78, 5) is 2.56. The van der Waals surface area contributed by atoms with Gasteiger partial charge in [0.1, 0.15) is 11.9 Å². The van der Waals surface area contributed by atoms with Gasteiger partial charge in [0.2, 0.25) is 0 Å². The van der Waals surface area contributed by atoms with E-state index in [9.17, 15) is 0 Å². The second-order valence-corrected chi connectivity index (χ2v) is 6.02. The smallest absolute Gasteiger partial charge is 0.123 e. The van der Waals surface area contributed by atoms with E-state index in [1.54, 1.807) is 0 Å². The van der Waals surface area contributed by atoms with Gasteiger partial charge in [-0.1, -0.05) is 25.1 Å². The summed E-state index contributed by atoms with van der Waals surface area (Å²) in [5, 5.41) is 3.73. The number of nitrogens with zero attached hydrogens (tertiary/aromatic N) is 1. The van der Waals surface area contributed by atoms with E-state index in [4.69, 9.17) is 4.74 Å². The fourth-order valence-corrected chi connectivity index (χ4v) is 3.34. The minimum absolute atomic E-state index is 0.318. The van der Waals surface area contributed by atoms with Crippen molar-refractivity contribution in [3.8, 4) is 5.75 Å². The first kappa shape index (κ1) is 13.9. The van der Waals surface area contributed by atoms with Gasteiger partial charge in [-0.05, 0) is 50.5 Å². The van der Waals surface area contributed by atoms with Crippen molar-refractivity contribution in [1.82, 2.24) is 10.2 Å². The molecule has 2 unspecified atom stereocenters. The van der Waals surface area contributed by atoms with Gasteiger partial charge in [0.15, 0.2) is 0 Å². The molecule has 1 aromatic rings. The molecule has 0 amide bonds. The van der Waals surface area contributed by atoms with Crippen LogP contribution in [0.5, 0.6) is 5.75 Å². The molecule has 0 saturated carbocycles. The summed E-state index contributed by atoms with van der Waals surface area (Å²) in [7, 11) is 0. The van der Waals surface area contributed by atoms with Crippen molar-refractivity contribution in [3.05, 3.63) is 29.8 Å². The largest absolute Gasteiger partial charge is 0.488 e. The molecule has 0 radical (unpaired) electrons. The summed E-state index contributed by atoms with van der Waals surface area (Å²) in [5.74, 6) is 1.08. The van der Waals surface area contributed by atoms with Crippen LogP contribution in [-0.2, 0) is 6.42 Å². The highest BCUT2D eigenvalue weighted by atomic mass is 16.5. The molecule has 0 bridgehead atoms. The third-order valence-corrected chi connectivity index (χ3v) is 4.62. The Labute approximate surface area is 122 Å². The number of hydrogen-bond acceptors (Lipinski definition) is 3. The Balaban J connectivity index is 1.44. The third kappa shape index (κ3) is 3.33. The first-order valence-electron chi connectivity index (χ1n) is 8.05. The van der Waals surface area contributed by atoms with Crippen LogP contribution in [-0.4, -0.2) is 43.2 Å². The molecular formula is C17H26N2O. The first-order valence-corrected chi connectivity index (χ1v) is 8.05. The molecule has 1 saturated heterocycles. The van der Waals surface area contributed by atoms with Gasteiger partial charge in [-0.25, -0.2) is 0 Å². The summed E-state index contributed by atoms with van der Waals surface area (Å²) in [6, 6.07) is 9.08. The van der Waals surface area contributed by atoms with Gasteiger partial charge >= 0.3 is 0 Å². The van der Waals surface area contributed by atoms with Crippen LogP contribution in [0.15, 0.2) is 24.3 Å². The molecule has 0 aromatic heterocycles. The Morgan fingerprint density at radius 1 is 1.25 bits per heavy atom. The minimum Gasteiger partial charge on any atom is -0.488 e. The van der Waals surface area contributed by atoms with Crippen LogP contribution in [0.25, 0.3) is 0 Å². The fraction of sp³-hybridized carbons (Fsp3) is 0.647. The van der Waals surface area contributed by atoms with Crippen LogP contribution in [0, 0.1) is 0 Å². The summed E-state index contributed by atoms with van der Waals surface area (Å²) < 4.78 is 6.00. The van der Waals surface area contributed by atoms with Crippen LogP contribution >= 0.6 is 0 Å². The van der Waals surface area contributed by atoms with Crippen molar-refractivity contribution in [2.75, 3.05) is 26.2 Å². The number of benzene rings is 1.